The van der Waals surface area contributed by atoms with Crippen LogP contribution in [0.15, 0.2) is 0 Å². The van der Waals surface area contributed by atoms with Crippen LogP contribution in [0, 0.1) is 22.7 Å². The van der Waals surface area contributed by atoms with Crippen LogP contribution in [0.5, 0.6) is 0 Å². The summed E-state index contributed by atoms with van der Waals surface area (Å²) >= 11 is 0. The average Bonchev–Trinajstić information content (AvgIpc) is 2.60. The van der Waals surface area contributed by atoms with E-state index in [9.17, 15) is 0 Å². The molecule has 4 atom stereocenters. The van der Waals surface area contributed by atoms with Crippen LogP contribution in [-0.4, -0.2) is 12.2 Å². The van der Waals surface area contributed by atoms with E-state index in [0.29, 0.717) is 10.8 Å². The SMILES string of the molecule is CC12CC[C@H]3C(C)(C)CCC[C@]3(C)C1CCO2. The molecule has 0 bridgehead atoms. The van der Waals surface area contributed by atoms with Crippen LogP contribution in [0.4, 0.5) is 0 Å². The first kappa shape index (κ1) is 12.0. The molecule has 1 aliphatic heterocycles. The molecular formula is C16H28O. The maximum Gasteiger partial charge on any atom is 0.0688 e. The van der Waals surface area contributed by atoms with Gasteiger partial charge in [0.25, 0.3) is 0 Å². The molecule has 0 aromatic carbocycles. The van der Waals surface area contributed by atoms with Gasteiger partial charge in [0.2, 0.25) is 0 Å². The van der Waals surface area contributed by atoms with Gasteiger partial charge in [0.1, 0.15) is 0 Å². The number of hydrogen-bond donors (Lipinski definition) is 0. The Hall–Kier alpha value is -0.0400. The van der Waals surface area contributed by atoms with Gasteiger partial charge in [0, 0.05) is 6.61 Å². The third kappa shape index (κ3) is 1.54. The predicted octanol–water partition coefficient (Wildman–Crippen LogP) is 4.41. The van der Waals surface area contributed by atoms with Gasteiger partial charge in [-0.25, -0.2) is 0 Å². The average molecular weight is 236 g/mol. The van der Waals surface area contributed by atoms with E-state index in [-0.39, 0.29) is 5.60 Å². The molecule has 98 valence electrons. The summed E-state index contributed by atoms with van der Waals surface area (Å²) in [6, 6.07) is 0. The molecule has 0 radical (unpaired) electrons. The Kier molecular flexibility index (Phi) is 2.47. The van der Waals surface area contributed by atoms with Crippen LogP contribution in [0.25, 0.3) is 0 Å². The summed E-state index contributed by atoms with van der Waals surface area (Å²) in [5.74, 6) is 1.73. The smallest absolute Gasteiger partial charge is 0.0688 e. The van der Waals surface area contributed by atoms with E-state index >= 15 is 0 Å². The number of ether oxygens (including phenoxy) is 1. The van der Waals surface area contributed by atoms with E-state index in [0.717, 1.165) is 18.4 Å². The monoisotopic (exact) mass is 236 g/mol. The van der Waals surface area contributed by atoms with E-state index in [2.05, 4.69) is 27.7 Å². The first-order chi connectivity index (χ1) is 7.89. The first-order valence-corrected chi connectivity index (χ1v) is 7.52. The van der Waals surface area contributed by atoms with Gasteiger partial charge in [-0.1, -0.05) is 27.2 Å². The molecule has 17 heavy (non-hydrogen) atoms. The third-order valence-corrected chi connectivity index (χ3v) is 6.58. The number of hydrogen-bond acceptors (Lipinski definition) is 1. The highest BCUT2D eigenvalue weighted by molar-refractivity contribution is 5.09. The summed E-state index contributed by atoms with van der Waals surface area (Å²) in [6.45, 7) is 11.0. The van der Waals surface area contributed by atoms with E-state index < -0.39 is 0 Å². The Labute approximate surface area is 106 Å². The number of fused-ring (bicyclic) bond motifs is 3. The zero-order valence-electron chi connectivity index (χ0n) is 12.0. The Bertz CT molecular complexity index is 317. The zero-order chi connectivity index (χ0) is 12.3. The van der Waals surface area contributed by atoms with Crippen LogP contribution in [-0.2, 0) is 4.74 Å². The summed E-state index contributed by atoms with van der Waals surface area (Å²) in [7, 11) is 0. The highest BCUT2D eigenvalue weighted by Crippen LogP contribution is 2.64. The van der Waals surface area contributed by atoms with Crippen molar-refractivity contribution in [1.82, 2.24) is 0 Å². The quantitative estimate of drug-likeness (QED) is 0.605. The van der Waals surface area contributed by atoms with Gasteiger partial charge in [-0.2, -0.15) is 0 Å². The molecule has 2 aliphatic carbocycles. The van der Waals surface area contributed by atoms with Gasteiger partial charge < -0.3 is 4.74 Å². The van der Waals surface area contributed by atoms with Crippen molar-refractivity contribution >= 4 is 0 Å². The minimum absolute atomic E-state index is 0.207. The van der Waals surface area contributed by atoms with Gasteiger partial charge >= 0.3 is 0 Å². The van der Waals surface area contributed by atoms with E-state index in [1.807, 2.05) is 0 Å². The minimum atomic E-state index is 0.207. The lowest BCUT2D eigenvalue weighted by molar-refractivity contribution is -0.147. The Morgan fingerprint density at radius 2 is 1.65 bits per heavy atom. The maximum absolute atomic E-state index is 6.13. The molecule has 1 heterocycles. The van der Waals surface area contributed by atoms with Crippen molar-refractivity contribution in [3.8, 4) is 0 Å². The van der Waals surface area contributed by atoms with Crippen LogP contribution in [0.1, 0.15) is 66.2 Å². The number of rotatable bonds is 0. The lowest BCUT2D eigenvalue weighted by atomic mass is 9.46. The maximum atomic E-state index is 6.13. The molecule has 2 saturated carbocycles. The molecule has 1 saturated heterocycles. The zero-order valence-corrected chi connectivity index (χ0v) is 12.0. The van der Waals surface area contributed by atoms with E-state index in [1.54, 1.807) is 0 Å². The van der Waals surface area contributed by atoms with Crippen molar-refractivity contribution in [1.29, 1.82) is 0 Å². The lowest BCUT2D eigenvalue weighted by Crippen LogP contribution is -2.55. The highest BCUT2D eigenvalue weighted by atomic mass is 16.5. The Morgan fingerprint density at radius 3 is 2.41 bits per heavy atom. The van der Waals surface area contributed by atoms with Crippen molar-refractivity contribution in [2.24, 2.45) is 22.7 Å². The molecule has 3 rings (SSSR count). The van der Waals surface area contributed by atoms with E-state index in [4.69, 9.17) is 4.74 Å². The molecule has 0 N–H and O–H groups in total. The molecule has 1 nitrogen and oxygen atoms in total. The summed E-state index contributed by atoms with van der Waals surface area (Å²) in [6.07, 6.45) is 8.27. The van der Waals surface area contributed by atoms with Crippen LogP contribution in [0.2, 0.25) is 0 Å². The standard InChI is InChI=1S/C16H28O/c1-14(2)8-5-9-15(3)12(14)6-10-16(4)13(15)7-11-17-16/h12-13H,5-11H2,1-4H3/t12-,13?,15-,16?/m0/s1. The molecule has 1 heteroatoms. The van der Waals surface area contributed by atoms with Crippen LogP contribution >= 0.6 is 0 Å². The van der Waals surface area contributed by atoms with Crippen molar-refractivity contribution in [3.63, 3.8) is 0 Å². The highest BCUT2D eigenvalue weighted by Gasteiger charge is 2.60. The molecule has 3 fully saturated rings. The predicted molar refractivity (Wildman–Crippen MR) is 70.9 cm³/mol. The Balaban J connectivity index is 1.98. The molecule has 0 amide bonds. The summed E-state index contributed by atoms with van der Waals surface area (Å²) in [5, 5.41) is 0. The summed E-state index contributed by atoms with van der Waals surface area (Å²) < 4.78 is 6.13. The van der Waals surface area contributed by atoms with Gasteiger partial charge in [0.05, 0.1) is 5.60 Å². The fourth-order valence-corrected chi connectivity index (χ4v) is 5.82. The van der Waals surface area contributed by atoms with Crippen molar-refractivity contribution in [2.45, 2.75) is 71.8 Å². The molecule has 0 aromatic rings. The van der Waals surface area contributed by atoms with Crippen LogP contribution < -0.4 is 0 Å². The third-order valence-electron chi connectivity index (χ3n) is 6.58. The molecule has 0 aromatic heterocycles. The fourth-order valence-electron chi connectivity index (χ4n) is 5.82. The van der Waals surface area contributed by atoms with Gasteiger partial charge in [-0.05, 0) is 61.7 Å². The summed E-state index contributed by atoms with van der Waals surface area (Å²) in [4.78, 5) is 0. The van der Waals surface area contributed by atoms with E-state index in [1.165, 1.54) is 38.5 Å². The van der Waals surface area contributed by atoms with Gasteiger partial charge in [-0.3, -0.25) is 0 Å². The molecule has 0 spiro atoms. The van der Waals surface area contributed by atoms with Crippen LogP contribution in [0.3, 0.4) is 0 Å². The minimum Gasteiger partial charge on any atom is -0.375 e. The topological polar surface area (TPSA) is 9.23 Å². The Morgan fingerprint density at radius 1 is 0.882 bits per heavy atom. The summed E-state index contributed by atoms with van der Waals surface area (Å²) in [5.41, 5.74) is 1.31. The second-order valence-corrected chi connectivity index (χ2v) is 7.94. The van der Waals surface area contributed by atoms with Gasteiger partial charge in [-0.15, -0.1) is 0 Å². The fraction of sp³-hybridized carbons (Fsp3) is 1.00. The first-order valence-electron chi connectivity index (χ1n) is 7.52. The van der Waals surface area contributed by atoms with Gasteiger partial charge in [0.15, 0.2) is 0 Å². The molecular weight excluding hydrogens is 208 g/mol. The molecule has 2 unspecified atom stereocenters. The van der Waals surface area contributed by atoms with Crippen molar-refractivity contribution in [3.05, 3.63) is 0 Å². The normalized spacial score (nSPS) is 52.9. The largest absolute Gasteiger partial charge is 0.375 e. The van der Waals surface area contributed by atoms with Crippen molar-refractivity contribution < 1.29 is 4.74 Å². The molecule has 3 aliphatic rings. The van der Waals surface area contributed by atoms with Crippen molar-refractivity contribution in [2.75, 3.05) is 6.61 Å². The second-order valence-electron chi connectivity index (χ2n) is 7.94. The lowest BCUT2D eigenvalue weighted by Gasteiger charge is -2.60. The second kappa shape index (κ2) is 3.50.